The summed E-state index contributed by atoms with van der Waals surface area (Å²) in [5, 5.41) is 35.3. The molecule has 1 aromatic carbocycles. The fraction of sp³-hybridized carbons (Fsp3) is 0.556. The van der Waals surface area contributed by atoms with Crippen LogP contribution >= 0.6 is 0 Å². The Hall–Kier alpha value is -4.28. The van der Waals surface area contributed by atoms with Gasteiger partial charge in [0.2, 0.25) is 5.91 Å². The summed E-state index contributed by atoms with van der Waals surface area (Å²) in [7, 11) is 0. The smallest absolute Gasteiger partial charge is 0.326 e. The number of carboxylic acid groups (broad SMARTS) is 3. The summed E-state index contributed by atoms with van der Waals surface area (Å²) in [5.41, 5.74) is 3.01. The van der Waals surface area contributed by atoms with Crippen LogP contribution in [0.1, 0.15) is 107 Å². The van der Waals surface area contributed by atoms with Crippen LogP contribution in [-0.2, 0) is 30.4 Å². The van der Waals surface area contributed by atoms with Crippen molar-refractivity contribution in [3.05, 3.63) is 53.4 Å². The number of carboxylic acids is 3. The summed E-state index contributed by atoms with van der Waals surface area (Å²) < 4.78 is 5.22. The van der Waals surface area contributed by atoms with Gasteiger partial charge in [0.25, 0.3) is 0 Å². The lowest BCUT2D eigenvalue weighted by Gasteiger charge is -2.22. The van der Waals surface area contributed by atoms with Crippen LogP contribution in [0.15, 0.2) is 40.9 Å². The molecule has 0 saturated carbocycles. The van der Waals surface area contributed by atoms with E-state index in [4.69, 9.17) is 4.52 Å². The number of aliphatic carboxylic acids is 3. The number of allylic oxidation sites excluding steroid dienone is 1. The van der Waals surface area contributed by atoms with Gasteiger partial charge in [-0.05, 0) is 50.7 Å². The molecular formula is C36H50N2O9. The summed E-state index contributed by atoms with van der Waals surface area (Å²) in [6.07, 6.45) is 12.7. The van der Waals surface area contributed by atoms with E-state index in [2.05, 4.69) is 17.4 Å². The van der Waals surface area contributed by atoms with E-state index in [0.717, 1.165) is 55.3 Å². The molecule has 2 rings (SSSR count). The van der Waals surface area contributed by atoms with Crippen LogP contribution in [-0.4, -0.2) is 56.1 Å². The predicted octanol–water partition coefficient (Wildman–Crippen LogP) is 6.69. The molecule has 2 aromatic rings. The highest BCUT2D eigenvalue weighted by Gasteiger charge is 2.35. The lowest BCUT2D eigenvalue weighted by Crippen LogP contribution is -2.47. The lowest BCUT2D eigenvalue weighted by molar-refractivity contribution is -0.152. The number of amides is 1. The van der Waals surface area contributed by atoms with E-state index >= 15 is 0 Å². The molecule has 1 unspecified atom stereocenters. The molecule has 0 fully saturated rings. The van der Waals surface area contributed by atoms with Gasteiger partial charge in [-0.2, -0.15) is 0 Å². The molecule has 11 heteroatoms. The largest absolute Gasteiger partial charge is 0.481 e. The second-order valence-electron chi connectivity index (χ2n) is 12.2. The Bertz CT molecular complexity index is 1330. The van der Waals surface area contributed by atoms with Crippen molar-refractivity contribution in [1.29, 1.82) is 0 Å². The molecule has 0 spiro atoms. The maximum absolute atomic E-state index is 13.3. The number of hydrogen-bond acceptors (Lipinski definition) is 7. The van der Waals surface area contributed by atoms with Crippen molar-refractivity contribution in [3.63, 3.8) is 0 Å². The van der Waals surface area contributed by atoms with Gasteiger partial charge in [-0.15, -0.1) is 0 Å². The Labute approximate surface area is 276 Å². The number of carbonyl (C=O) groups excluding carboxylic acids is 2. The van der Waals surface area contributed by atoms with Crippen molar-refractivity contribution < 1.29 is 43.8 Å². The highest BCUT2D eigenvalue weighted by molar-refractivity contribution is 5.91. The maximum Gasteiger partial charge on any atom is 0.326 e. The van der Waals surface area contributed by atoms with Gasteiger partial charge < -0.3 is 25.2 Å². The molecule has 47 heavy (non-hydrogen) atoms. The van der Waals surface area contributed by atoms with Gasteiger partial charge >= 0.3 is 17.9 Å². The second kappa shape index (κ2) is 20.8. The van der Waals surface area contributed by atoms with Crippen LogP contribution in [0.25, 0.3) is 11.1 Å². The molecule has 1 heterocycles. The number of carbonyl (C=O) groups is 5. The fourth-order valence-corrected chi connectivity index (χ4v) is 5.60. The van der Waals surface area contributed by atoms with Gasteiger partial charge in [0.1, 0.15) is 17.6 Å². The molecular weight excluding hydrogens is 604 g/mol. The number of aromatic nitrogens is 1. The van der Waals surface area contributed by atoms with Gasteiger partial charge in [0.15, 0.2) is 0 Å². The first-order valence-electron chi connectivity index (χ1n) is 16.6. The van der Waals surface area contributed by atoms with Crippen LogP contribution in [0.4, 0.5) is 0 Å². The van der Waals surface area contributed by atoms with E-state index in [0.29, 0.717) is 36.4 Å². The first-order chi connectivity index (χ1) is 22.4. The molecule has 1 aromatic heterocycles. The number of Topliss-reactive ketones (excluding diaryl/α,β-unsaturated/α-hetero) is 1. The molecule has 4 N–H and O–H groups in total. The van der Waals surface area contributed by atoms with Gasteiger partial charge in [-0.25, -0.2) is 4.79 Å². The molecule has 0 aliphatic rings. The van der Waals surface area contributed by atoms with E-state index in [-0.39, 0.29) is 6.42 Å². The molecule has 0 aliphatic heterocycles. The predicted molar refractivity (Wildman–Crippen MR) is 177 cm³/mol. The van der Waals surface area contributed by atoms with Crippen LogP contribution in [0.5, 0.6) is 0 Å². The topological polar surface area (TPSA) is 184 Å². The number of nitrogens with one attached hydrogen (secondary N) is 1. The molecule has 3 atom stereocenters. The third kappa shape index (κ3) is 13.9. The van der Waals surface area contributed by atoms with Crippen molar-refractivity contribution in [1.82, 2.24) is 10.5 Å². The van der Waals surface area contributed by atoms with Crippen molar-refractivity contribution in [2.45, 2.75) is 117 Å². The Balaban J connectivity index is 1.98. The van der Waals surface area contributed by atoms with Crippen molar-refractivity contribution >= 4 is 29.6 Å². The summed E-state index contributed by atoms with van der Waals surface area (Å²) in [5.74, 6) is -7.06. The van der Waals surface area contributed by atoms with E-state index < -0.39 is 48.1 Å². The summed E-state index contributed by atoms with van der Waals surface area (Å²) in [6, 6.07) is 5.69. The molecule has 11 nitrogen and oxygen atoms in total. The van der Waals surface area contributed by atoms with Gasteiger partial charge in [0, 0.05) is 24.8 Å². The first-order valence-corrected chi connectivity index (χ1v) is 16.6. The minimum atomic E-state index is -1.58. The quantitative estimate of drug-likeness (QED) is 0.0702. The highest BCUT2D eigenvalue weighted by Crippen LogP contribution is 2.27. The summed E-state index contributed by atoms with van der Waals surface area (Å²) in [6.45, 7) is 5.77. The summed E-state index contributed by atoms with van der Waals surface area (Å²) >= 11 is 0. The number of unbranched alkanes of at least 4 members (excludes halogenated alkanes) is 8. The Morgan fingerprint density at radius 3 is 2.00 bits per heavy atom. The minimum absolute atomic E-state index is 0.0720. The number of benzene rings is 1. The number of nitrogens with zero attached hydrogens (tertiary/aromatic N) is 1. The SMILES string of the molecule is CCCCCCCC(=O)CCCCCC/C=C/C(C(=O)N[C@@H](Cc1ccc(-c2c(C)noc2C)cc1)C(=O)O)[C@@H](CC(=O)O)C(=O)O. The zero-order valence-corrected chi connectivity index (χ0v) is 27.8. The van der Waals surface area contributed by atoms with Crippen molar-refractivity contribution in [2.75, 3.05) is 0 Å². The van der Waals surface area contributed by atoms with E-state index in [1.165, 1.54) is 25.3 Å². The number of rotatable bonds is 24. The van der Waals surface area contributed by atoms with Crippen LogP contribution in [0, 0.1) is 25.7 Å². The molecule has 0 bridgehead atoms. The Morgan fingerprint density at radius 2 is 1.47 bits per heavy atom. The van der Waals surface area contributed by atoms with Crippen molar-refractivity contribution in [3.8, 4) is 11.1 Å². The van der Waals surface area contributed by atoms with E-state index in [9.17, 15) is 39.3 Å². The van der Waals surface area contributed by atoms with Gasteiger partial charge in [-0.3, -0.25) is 19.2 Å². The normalized spacial score (nSPS) is 13.3. The van der Waals surface area contributed by atoms with Crippen molar-refractivity contribution in [2.24, 2.45) is 11.8 Å². The van der Waals surface area contributed by atoms with E-state index in [1.807, 2.05) is 6.92 Å². The molecule has 0 aliphatic carbocycles. The molecule has 0 saturated heterocycles. The monoisotopic (exact) mass is 654 g/mol. The van der Waals surface area contributed by atoms with E-state index in [1.54, 1.807) is 37.3 Å². The highest BCUT2D eigenvalue weighted by atomic mass is 16.5. The standard InChI is InChI=1S/C36H50N2O9/c1-4-5-6-9-12-15-28(39)16-13-10-7-8-11-14-17-29(30(35(43)44)23-32(40)41)34(42)37-31(36(45)46)22-26-18-20-27(21-19-26)33-24(2)38-47-25(33)3/h14,17-21,29-31H,4-13,15-16,22-23H2,1-3H3,(H,37,42)(H,40,41)(H,43,44)(H,45,46)/b17-14+/t29?,30-,31+/m1/s1. The maximum atomic E-state index is 13.3. The first kappa shape index (κ1) is 38.9. The third-order valence-corrected chi connectivity index (χ3v) is 8.26. The Morgan fingerprint density at radius 1 is 0.851 bits per heavy atom. The van der Waals surface area contributed by atoms with Gasteiger partial charge in [-0.1, -0.05) is 87.0 Å². The Kier molecular flexibility index (Phi) is 17.2. The number of ketones is 1. The van der Waals surface area contributed by atoms with Crippen LogP contribution < -0.4 is 5.32 Å². The molecule has 258 valence electrons. The molecule has 0 radical (unpaired) electrons. The minimum Gasteiger partial charge on any atom is -0.481 e. The molecule has 1 amide bonds. The van der Waals surface area contributed by atoms with Gasteiger partial charge in [0.05, 0.1) is 24.0 Å². The average molecular weight is 655 g/mol. The second-order valence-corrected chi connectivity index (χ2v) is 12.2. The van der Waals surface area contributed by atoms with Crippen LogP contribution in [0.2, 0.25) is 0 Å². The zero-order chi connectivity index (χ0) is 34.8. The number of hydrogen-bond donors (Lipinski definition) is 4. The van der Waals surface area contributed by atoms with Crippen LogP contribution in [0.3, 0.4) is 0 Å². The number of aryl methyl sites for hydroxylation is 2. The zero-order valence-electron chi connectivity index (χ0n) is 27.8. The third-order valence-electron chi connectivity index (χ3n) is 8.26. The lowest BCUT2D eigenvalue weighted by atomic mass is 9.87. The average Bonchev–Trinajstić information content (AvgIpc) is 3.36. The fourth-order valence-electron chi connectivity index (χ4n) is 5.60. The summed E-state index contributed by atoms with van der Waals surface area (Å²) in [4.78, 5) is 61.0.